The Bertz CT molecular complexity index is 1020. The van der Waals surface area contributed by atoms with Crippen LogP contribution in [0, 0.1) is 0 Å². The maximum absolute atomic E-state index is 12.9. The van der Waals surface area contributed by atoms with E-state index in [4.69, 9.17) is 11.6 Å². The topological polar surface area (TPSA) is 56.4 Å². The van der Waals surface area contributed by atoms with E-state index in [0.29, 0.717) is 31.1 Å². The van der Waals surface area contributed by atoms with E-state index in [1.165, 1.54) is 0 Å². The minimum absolute atomic E-state index is 0.351. The largest absolute Gasteiger partial charge is 0.361 e. The molecule has 1 aliphatic heterocycles. The molecule has 3 aromatic rings. The first-order valence-electron chi connectivity index (χ1n) is 8.57. The summed E-state index contributed by atoms with van der Waals surface area (Å²) >= 11 is 6.23. The number of halogens is 1. The number of aromatic amines is 1. The van der Waals surface area contributed by atoms with Crippen molar-refractivity contribution in [3.63, 3.8) is 0 Å². The van der Waals surface area contributed by atoms with Crippen LogP contribution in [0.3, 0.4) is 0 Å². The Hall–Kier alpha value is -1.86. The second-order valence-electron chi connectivity index (χ2n) is 6.50. The minimum atomic E-state index is -3.47. The third-order valence-electron chi connectivity index (χ3n) is 4.85. The molecule has 4 rings (SSSR count). The van der Waals surface area contributed by atoms with Gasteiger partial charge in [-0.15, -0.1) is 0 Å². The van der Waals surface area contributed by atoms with Crippen molar-refractivity contribution in [2.75, 3.05) is 26.2 Å². The zero-order valence-electron chi connectivity index (χ0n) is 14.2. The fraction of sp³-hybridized carbons (Fsp3) is 0.263. The predicted octanol–water partition coefficient (Wildman–Crippen LogP) is 3.33. The summed E-state index contributed by atoms with van der Waals surface area (Å²) < 4.78 is 27.5. The lowest BCUT2D eigenvalue weighted by atomic mass is 10.2. The van der Waals surface area contributed by atoms with E-state index in [1.54, 1.807) is 16.4 Å². The maximum Gasteiger partial charge on any atom is 0.243 e. The highest BCUT2D eigenvalue weighted by Gasteiger charge is 2.28. The molecule has 2 aromatic carbocycles. The summed E-state index contributed by atoms with van der Waals surface area (Å²) in [6, 6.07) is 14.9. The molecule has 1 N–H and O–H groups in total. The molecule has 2 heterocycles. The van der Waals surface area contributed by atoms with Gasteiger partial charge in [0.15, 0.2) is 0 Å². The maximum atomic E-state index is 12.9. The standard InChI is InChI=1S/C19H20ClN3O2S/c20-18-4-2-1-3-16(18)14-22-9-11-23(12-10-22)26(24,25)17-5-6-19-15(13-17)7-8-21-19/h1-8,13,21H,9-12,14H2. The van der Waals surface area contributed by atoms with E-state index >= 15 is 0 Å². The molecule has 26 heavy (non-hydrogen) atoms. The number of piperazine rings is 1. The number of rotatable bonds is 4. The van der Waals surface area contributed by atoms with E-state index in [9.17, 15) is 8.42 Å². The van der Waals surface area contributed by atoms with Crippen molar-refractivity contribution in [2.45, 2.75) is 11.4 Å². The van der Waals surface area contributed by atoms with Crippen molar-refractivity contribution in [1.29, 1.82) is 0 Å². The van der Waals surface area contributed by atoms with Crippen LogP contribution in [-0.4, -0.2) is 48.8 Å². The summed E-state index contributed by atoms with van der Waals surface area (Å²) in [7, 11) is -3.47. The van der Waals surface area contributed by atoms with Crippen LogP contribution in [-0.2, 0) is 16.6 Å². The van der Waals surface area contributed by atoms with Crippen molar-refractivity contribution in [2.24, 2.45) is 0 Å². The Balaban J connectivity index is 1.45. The van der Waals surface area contributed by atoms with E-state index in [1.807, 2.05) is 42.6 Å². The Labute approximate surface area is 158 Å². The molecule has 1 fully saturated rings. The molecule has 0 radical (unpaired) electrons. The van der Waals surface area contributed by atoms with Crippen molar-refractivity contribution < 1.29 is 8.42 Å². The molecule has 1 aromatic heterocycles. The highest BCUT2D eigenvalue weighted by molar-refractivity contribution is 7.89. The van der Waals surface area contributed by atoms with Crippen LogP contribution >= 0.6 is 11.6 Å². The van der Waals surface area contributed by atoms with Crippen molar-refractivity contribution >= 4 is 32.5 Å². The molecule has 7 heteroatoms. The van der Waals surface area contributed by atoms with Crippen LogP contribution in [0.5, 0.6) is 0 Å². The van der Waals surface area contributed by atoms with Gasteiger partial charge >= 0.3 is 0 Å². The number of sulfonamides is 1. The van der Waals surface area contributed by atoms with Crippen LogP contribution in [0.4, 0.5) is 0 Å². The first kappa shape index (κ1) is 17.5. The lowest BCUT2D eigenvalue weighted by Crippen LogP contribution is -2.48. The highest BCUT2D eigenvalue weighted by atomic mass is 35.5. The molecular weight excluding hydrogens is 370 g/mol. The Morgan fingerprint density at radius 3 is 2.54 bits per heavy atom. The molecule has 1 saturated heterocycles. The summed E-state index contributed by atoms with van der Waals surface area (Å²) in [4.78, 5) is 5.68. The van der Waals surface area contributed by atoms with E-state index < -0.39 is 10.0 Å². The summed E-state index contributed by atoms with van der Waals surface area (Å²) in [5.41, 5.74) is 2.01. The third kappa shape index (κ3) is 3.38. The molecular formula is C19H20ClN3O2S. The van der Waals surface area contributed by atoms with Gasteiger partial charge in [0.2, 0.25) is 10.0 Å². The molecule has 0 spiro atoms. The molecule has 0 aliphatic carbocycles. The van der Waals surface area contributed by atoms with Crippen LogP contribution in [0.15, 0.2) is 59.6 Å². The van der Waals surface area contributed by atoms with Gasteiger partial charge in [0.05, 0.1) is 4.90 Å². The number of nitrogens with one attached hydrogen (secondary N) is 1. The number of aromatic nitrogens is 1. The van der Waals surface area contributed by atoms with Gasteiger partial charge in [-0.2, -0.15) is 4.31 Å². The summed E-state index contributed by atoms with van der Waals surface area (Å²) in [5, 5.41) is 1.66. The molecule has 136 valence electrons. The molecule has 0 atom stereocenters. The molecule has 0 amide bonds. The second-order valence-corrected chi connectivity index (χ2v) is 8.84. The number of H-pyrrole nitrogens is 1. The highest BCUT2D eigenvalue weighted by Crippen LogP contribution is 2.23. The Kier molecular flexibility index (Phi) is 4.75. The average Bonchev–Trinajstić information content (AvgIpc) is 3.12. The Morgan fingerprint density at radius 1 is 1.00 bits per heavy atom. The van der Waals surface area contributed by atoms with Gasteiger partial charge in [-0.25, -0.2) is 8.42 Å². The lowest BCUT2D eigenvalue weighted by molar-refractivity contribution is 0.181. The fourth-order valence-corrected chi connectivity index (χ4v) is 4.99. The monoisotopic (exact) mass is 389 g/mol. The van der Waals surface area contributed by atoms with E-state index in [2.05, 4.69) is 9.88 Å². The van der Waals surface area contributed by atoms with Crippen LogP contribution in [0.1, 0.15) is 5.56 Å². The van der Waals surface area contributed by atoms with Gasteiger partial charge in [0, 0.05) is 54.8 Å². The number of hydrogen-bond acceptors (Lipinski definition) is 3. The van der Waals surface area contributed by atoms with Crippen LogP contribution in [0.25, 0.3) is 10.9 Å². The van der Waals surface area contributed by atoms with Gasteiger partial charge in [-0.1, -0.05) is 29.8 Å². The quantitative estimate of drug-likeness (QED) is 0.744. The lowest BCUT2D eigenvalue weighted by Gasteiger charge is -2.34. The average molecular weight is 390 g/mol. The SMILES string of the molecule is O=S(=O)(c1ccc2[nH]ccc2c1)N1CCN(Cc2ccccc2Cl)CC1. The fourth-order valence-electron chi connectivity index (χ4n) is 3.34. The molecule has 5 nitrogen and oxygen atoms in total. The normalized spacial score (nSPS) is 17.0. The van der Waals surface area contributed by atoms with Crippen molar-refractivity contribution in [3.8, 4) is 0 Å². The predicted molar refractivity (Wildman–Crippen MR) is 104 cm³/mol. The van der Waals surface area contributed by atoms with Crippen LogP contribution in [0.2, 0.25) is 5.02 Å². The second kappa shape index (κ2) is 7.04. The molecule has 0 unspecified atom stereocenters. The third-order valence-corrected chi connectivity index (χ3v) is 7.11. The first-order chi connectivity index (χ1) is 12.5. The number of benzene rings is 2. The summed E-state index contributed by atoms with van der Waals surface area (Å²) in [6.07, 6.45) is 1.81. The number of nitrogens with zero attached hydrogens (tertiary/aromatic N) is 2. The van der Waals surface area contributed by atoms with Crippen molar-refractivity contribution in [3.05, 3.63) is 65.3 Å². The van der Waals surface area contributed by atoms with E-state index in [-0.39, 0.29) is 0 Å². The van der Waals surface area contributed by atoms with Crippen LogP contribution < -0.4 is 0 Å². The molecule has 1 aliphatic rings. The number of hydrogen-bond donors (Lipinski definition) is 1. The van der Waals surface area contributed by atoms with E-state index in [0.717, 1.165) is 28.0 Å². The summed E-state index contributed by atoms with van der Waals surface area (Å²) in [5.74, 6) is 0. The van der Waals surface area contributed by atoms with Gasteiger partial charge in [-0.3, -0.25) is 4.90 Å². The van der Waals surface area contributed by atoms with Gasteiger partial charge < -0.3 is 4.98 Å². The Morgan fingerprint density at radius 2 is 1.77 bits per heavy atom. The minimum Gasteiger partial charge on any atom is -0.361 e. The van der Waals surface area contributed by atoms with Gasteiger partial charge in [0.25, 0.3) is 0 Å². The number of fused-ring (bicyclic) bond motifs is 1. The van der Waals surface area contributed by atoms with Gasteiger partial charge in [0.1, 0.15) is 0 Å². The zero-order chi connectivity index (χ0) is 18.1. The smallest absolute Gasteiger partial charge is 0.243 e. The van der Waals surface area contributed by atoms with Gasteiger partial charge in [-0.05, 0) is 35.9 Å². The van der Waals surface area contributed by atoms with Crippen molar-refractivity contribution in [1.82, 2.24) is 14.2 Å². The molecule has 0 saturated carbocycles. The summed E-state index contributed by atoms with van der Waals surface area (Å²) in [6.45, 7) is 3.09. The first-order valence-corrected chi connectivity index (χ1v) is 10.4. The molecule has 0 bridgehead atoms. The zero-order valence-corrected chi connectivity index (χ0v) is 15.8.